The van der Waals surface area contributed by atoms with Crippen molar-refractivity contribution >= 4 is 23.1 Å². The number of aromatic nitrogens is 4. The molecular weight excluding hydrogens is 280 g/mol. The average Bonchev–Trinajstić information content (AvgIpc) is 3.16. The van der Waals surface area contributed by atoms with Crippen LogP contribution in [0, 0.1) is 0 Å². The fourth-order valence-electron chi connectivity index (χ4n) is 1.53. The molecule has 19 heavy (non-hydrogen) atoms. The molecule has 0 saturated carbocycles. The molecule has 3 aromatic rings. The number of furan rings is 1. The maximum Gasteiger partial charge on any atom is 0.208 e. The molecule has 5 nitrogen and oxygen atoms in total. The van der Waals surface area contributed by atoms with Crippen molar-refractivity contribution in [2.24, 2.45) is 0 Å². The molecule has 0 aliphatic carbocycles. The summed E-state index contributed by atoms with van der Waals surface area (Å²) in [5.41, 5.74) is 1.02. The minimum absolute atomic E-state index is 0.762. The van der Waals surface area contributed by atoms with Crippen molar-refractivity contribution in [3.8, 4) is 10.8 Å². The molecule has 1 N–H and O–H groups in total. The van der Waals surface area contributed by atoms with Gasteiger partial charge < -0.3 is 4.42 Å². The van der Waals surface area contributed by atoms with Crippen molar-refractivity contribution in [2.45, 2.75) is 24.3 Å². The SMILES string of the molecule is CCc1nc(SCc2csc(-c3ccco3)n2)n[nH]1. The van der Waals surface area contributed by atoms with Gasteiger partial charge in [-0.05, 0) is 12.1 Å². The molecule has 3 heterocycles. The number of rotatable bonds is 5. The van der Waals surface area contributed by atoms with E-state index < -0.39 is 0 Å². The Labute approximate surface area is 118 Å². The van der Waals surface area contributed by atoms with Crippen LogP contribution in [0.1, 0.15) is 18.4 Å². The smallest absolute Gasteiger partial charge is 0.208 e. The summed E-state index contributed by atoms with van der Waals surface area (Å²) in [6.45, 7) is 2.05. The summed E-state index contributed by atoms with van der Waals surface area (Å²) >= 11 is 3.17. The van der Waals surface area contributed by atoms with Crippen molar-refractivity contribution in [2.75, 3.05) is 0 Å². The summed E-state index contributed by atoms with van der Waals surface area (Å²) in [5.74, 6) is 2.49. The van der Waals surface area contributed by atoms with Gasteiger partial charge in [0.05, 0.1) is 12.0 Å². The van der Waals surface area contributed by atoms with Gasteiger partial charge in [0.2, 0.25) is 5.16 Å². The van der Waals surface area contributed by atoms with E-state index in [1.165, 1.54) is 0 Å². The van der Waals surface area contributed by atoms with E-state index in [9.17, 15) is 0 Å². The van der Waals surface area contributed by atoms with E-state index in [-0.39, 0.29) is 0 Å². The third kappa shape index (κ3) is 2.87. The second kappa shape index (κ2) is 5.58. The van der Waals surface area contributed by atoms with Crippen LogP contribution in [-0.4, -0.2) is 20.2 Å². The summed E-state index contributed by atoms with van der Waals surface area (Å²) in [5, 5.41) is 10.8. The number of hydrogen-bond donors (Lipinski definition) is 1. The van der Waals surface area contributed by atoms with Crippen LogP contribution in [0.3, 0.4) is 0 Å². The lowest BCUT2D eigenvalue weighted by atomic mass is 10.5. The summed E-state index contributed by atoms with van der Waals surface area (Å²) in [4.78, 5) is 8.89. The number of aryl methyl sites for hydroxylation is 1. The quantitative estimate of drug-likeness (QED) is 0.730. The fourth-order valence-corrected chi connectivity index (χ4v) is 3.13. The van der Waals surface area contributed by atoms with Gasteiger partial charge in [0, 0.05) is 17.6 Å². The number of thioether (sulfide) groups is 1. The largest absolute Gasteiger partial charge is 0.462 e. The van der Waals surface area contributed by atoms with Gasteiger partial charge in [-0.2, -0.15) is 0 Å². The average molecular weight is 292 g/mol. The number of nitrogens with zero attached hydrogens (tertiary/aromatic N) is 3. The van der Waals surface area contributed by atoms with Gasteiger partial charge in [0.15, 0.2) is 10.8 Å². The third-order valence-electron chi connectivity index (χ3n) is 2.48. The van der Waals surface area contributed by atoms with Crippen LogP contribution in [0.4, 0.5) is 0 Å². The van der Waals surface area contributed by atoms with Crippen LogP contribution < -0.4 is 0 Å². The van der Waals surface area contributed by atoms with Crippen LogP contribution in [0.2, 0.25) is 0 Å². The minimum Gasteiger partial charge on any atom is -0.462 e. The van der Waals surface area contributed by atoms with Crippen LogP contribution >= 0.6 is 23.1 Å². The Hall–Kier alpha value is -1.60. The standard InChI is InChI=1S/C12H12N4OS2/c1-2-10-14-12(16-15-10)19-7-8-6-18-11(13-8)9-4-3-5-17-9/h3-6H,2,7H2,1H3,(H,14,15,16). The molecular formula is C12H12N4OS2. The molecule has 3 rings (SSSR count). The van der Waals surface area contributed by atoms with Gasteiger partial charge >= 0.3 is 0 Å². The van der Waals surface area contributed by atoms with E-state index in [0.717, 1.165) is 39.6 Å². The third-order valence-corrected chi connectivity index (χ3v) is 4.27. The number of aromatic amines is 1. The highest BCUT2D eigenvalue weighted by molar-refractivity contribution is 7.98. The van der Waals surface area contributed by atoms with E-state index in [1.807, 2.05) is 24.4 Å². The van der Waals surface area contributed by atoms with Crippen molar-refractivity contribution < 1.29 is 4.42 Å². The monoisotopic (exact) mass is 292 g/mol. The molecule has 0 bridgehead atoms. The van der Waals surface area contributed by atoms with Crippen LogP contribution in [-0.2, 0) is 12.2 Å². The molecule has 0 spiro atoms. The first-order valence-corrected chi connectivity index (χ1v) is 7.74. The van der Waals surface area contributed by atoms with Crippen LogP contribution in [0.25, 0.3) is 10.8 Å². The lowest BCUT2D eigenvalue weighted by Gasteiger charge is -1.92. The second-order valence-corrected chi connectivity index (χ2v) is 5.63. The Balaban J connectivity index is 1.64. The lowest BCUT2D eigenvalue weighted by molar-refractivity contribution is 0.581. The first-order chi connectivity index (χ1) is 9.35. The van der Waals surface area contributed by atoms with Crippen LogP contribution in [0.5, 0.6) is 0 Å². The van der Waals surface area contributed by atoms with Crippen molar-refractivity contribution in [1.29, 1.82) is 0 Å². The molecule has 0 aliphatic rings. The predicted octanol–water partition coefficient (Wildman–Crippen LogP) is 3.38. The zero-order valence-electron chi connectivity index (χ0n) is 10.3. The van der Waals surface area contributed by atoms with Gasteiger partial charge in [0.25, 0.3) is 0 Å². The predicted molar refractivity (Wildman–Crippen MR) is 75.1 cm³/mol. The Kier molecular flexibility index (Phi) is 3.65. The zero-order valence-corrected chi connectivity index (χ0v) is 11.9. The Morgan fingerprint density at radius 2 is 2.37 bits per heavy atom. The summed E-state index contributed by atoms with van der Waals surface area (Å²) in [6.07, 6.45) is 2.53. The van der Waals surface area contributed by atoms with Gasteiger partial charge in [-0.1, -0.05) is 18.7 Å². The summed E-state index contributed by atoms with van der Waals surface area (Å²) in [6, 6.07) is 3.78. The lowest BCUT2D eigenvalue weighted by Crippen LogP contribution is -1.83. The molecule has 0 aliphatic heterocycles. The fraction of sp³-hybridized carbons (Fsp3) is 0.250. The highest BCUT2D eigenvalue weighted by Crippen LogP contribution is 2.26. The molecule has 0 amide bonds. The van der Waals surface area contributed by atoms with Gasteiger partial charge in [-0.15, -0.1) is 16.4 Å². The topological polar surface area (TPSA) is 67.6 Å². The van der Waals surface area contributed by atoms with E-state index in [1.54, 1.807) is 29.4 Å². The van der Waals surface area contributed by atoms with E-state index in [4.69, 9.17) is 4.42 Å². The van der Waals surface area contributed by atoms with Crippen molar-refractivity contribution in [1.82, 2.24) is 20.2 Å². The Morgan fingerprint density at radius 1 is 1.42 bits per heavy atom. The van der Waals surface area contributed by atoms with Gasteiger partial charge in [-0.3, -0.25) is 5.10 Å². The molecule has 0 atom stereocenters. The normalized spacial score (nSPS) is 11.0. The minimum atomic E-state index is 0.762. The maximum atomic E-state index is 5.32. The molecule has 0 unspecified atom stereocenters. The van der Waals surface area contributed by atoms with E-state index in [0.29, 0.717) is 0 Å². The molecule has 3 aromatic heterocycles. The summed E-state index contributed by atoms with van der Waals surface area (Å²) < 4.78 is 5.32. The maximum absolute atomic E-state index is 5.32. The first kappa shape index (κ1) is 12.4. The Morgan fingerprint density at radius 3 is 3.11 bits per heavy atom. The molecule has 7 heteroatoms. The van der Waals surface area contributed by atoms with E-state index >= 15 is 0 Å². The number of nitrogens with one attached hydrogen (secondary N) is 1. The van der Waals surface area contributed by atoms with Gasteiger partial charge in [-0.25, -0.2) is 9.97 Å². The van der Waals surface area contributed by atoms with Crippen LogP contribution in [0.15, 0.2) is 33.3 Å². The van der Waals surface area contributed by atoms with E-state index in [2.05, 4.69) is 20.2 Å². The van der Waals surface area contributed by atoms with Crippen molar-refractivity contribution in [3.05, 3.63) is 35.3 Å². The van der Waals surface area contributed by atoms with Crippen molar-refractivity contribution in [3.63, 3.8) is 0 Å². The number of hydrogen-bond acceptors (Lipinski definition) is 6. The first-order valence-electron chi connectivity index (χ1n) is 5.87. The second-order valence-electron chi connectivity index (χ2n) is 3.83. The highest BCUT2D eigenvalue weighted by atomic mass is 32.2. The molecule has 0 aromatic carbocycles. The highest BCUT2D eigenvalue weighted by Gasteiger charge is 2.08. The van der Waals surface area contributed by atoms with Gasteiger partial charge in [0.1, 0.15) is 5.82 Å². The summed E-state index contributed by atoms with van der Waals surface area (Å²) in [7, 11) is 0. The zero-order chi connectivity index (χ0) is 13.1. The number of thiazole rings is 1. The molecule has 0 saturated heterocycles. The molecule has 0 fully saturated rings. The number of H-pyrrole nitrogens is 1. The Bertz CT molecular complexity index is 644. The molecule has 98 valence electrons. The molecule has 0 radical (unpaired) electrons.